The van der Waals surface area contributed by atoms with Gasteiger partial charge < -0.3 is 10.5 Å². The molecule has 2 rings (SSSR count). The highest BCUT2D eigenvalue weighted by molar-refractivity contribution is 5.29. The molecular formula is C12H15N5O2. The fourth-order valence-electron chi connectivity index (χ4n) is 1.76. The van der Waals surface area contributed by atoms with Crippen molar-refractivity contribution in [3.05, 3.63) is 39.7 Å². The molecule has 0 saturated carbocycles. The van der Waals surface area contributed by atoms with Crippen LogP contribution in [0.4, 0.5) is 5.82 Å². The number of anilines is 1. The van der Waals surface area contributed by atoms with Crippen LogP contribution in [0.3, 0.4) is 0 Å². The molecule has 0 aromatic carbocycles. The molecule has 2 aromatic rings. The summed E-state index contributed by atoms with van der Waals surface area (Å²) in [4.78, 5) is 24.4. The lowest BCUT2D eigenvalue weighted by Crippen LogP contribution is -2.24. The second kappa shape index (κ2) is 5.05. The normalized spacial score (nSPS) is 10.5. The van der Waals surface area contributed by atoms with Gasteiger partial charge in [-0.3, -0.25) is 9.36 Å². The van der Waals surface area contributed by atoms with Crippen LogP contribution in [0.25, 0.3) is 0 Å². The number of ether oxygens (including phenoxy) is 1. The van der Waals surface area contributed by atoms with Gasteiger partial charge in [0.05, 0.1) is 13.7 Å². The summed E-state index contributed by atoms with van der Waals surface area (Å²) in [6.07, 6.45) is 0. The Bertz CT molecular complexity index is 645. The SMILES string of the molecule is COc1nc(C)cc(=O)n1Cc1nc(C)cc(N)n1. The van der Waals surface area contributed by atoms with Crippen molar-refractivity contribution in [1.82, 2.24) is 19.5 Å². The van der Waals surface area contributed by atoms with Crippen molar-refractivity contribution in [3.63, 3.8) is 0 Å². The molecule has 100 valence electrons. The zero-order valence-corrected chi connectivity index (χ0v) is 11.0. The maximum atomic E-state index is 12.0. The van der Waals surface area contributed by atoms with Gasteiger partial charge in [0, 0.05) is 23.5 Å². The van der Waals surface area contributed by atoms with E-state index in [0.29, 0.717) is 17.3 Å². The minimum atomic E-state index is -0.215. The van der Waals surface area contributed by atoms with Crippen molar-refractivity contribution in [1.29, 1.82) is 0 Å². The van der Waals surface area contributed by atoms with Gasteiger partial charge in [-0.25, -0.2) is 15.0 Å². The second-order valence-electron chi connectivity index (χ2n) is 4.16. The fourth-order valence-corrected chi connectivity index (χ4v) is 1.76. The van der Waals surface area contributed by atoms with Crippen molar-refractivity contribution in [2.24, 2.45) is 0 Å². The van der Waals surface area contributed by atoms with Gasteiger partial charge in [0.15, 0.2) is 5.82 Å². The Morgan fingerprint density at radius 1 is 1.21 bits per heavy atom. The summed E-state index contributed by atoms with van der Waals surface area (Å²) in [5.74, 6) is 0.818. The monoisotopic (exact) mass is 261 g/mol. The lowest BCUT2D eigenvalue weighted by molar-refractivity contribution is 0.348. The van der Waals surface area contributed by atoms with E-state index in [4.69, 9.17) is 10.5 Å². The molecule has 0 atom stereocenters. The topological polar surface area (TPSA) is 95.9 Å². The lowest BCUT2D eigenvalue weighted by atomic mass is 10.4. The number of hydrogen-bond donors (Lipinski definition) is 1. The third-order valence-corrected chi connectivity index (χ3v) is 2.50. The second-order valence-corrected chi connectivity index (χ2v) is 4.16. The standard InChI is InChI=1S/C12H15N5O2/c1-7-4-9(13)16-10(14-7)6-17-11(18)5-8(2)15-12(17)19-3/h4-5H,6H2,1-3H3,(H2,13,14,16). The first-order chi connectivity index (χ1) is 8.99. The van der Waals surface area contributed by atoms with Crippen molar-refractivity contribution in [3.8, 4) is 6.01 Å². The largest absolute Gasteiger partial charge is 0.468 e. The number of nitrogens with zero attached hydrogens (tertiary/aromatic N) is 4. The molecule has 2 heterocycles. The highest BCUT2D eigenvalue weighted by atomic mass is 16.5. The maximum Gasteiger partial charge on any atom is 0.299 e. The van der Waals surface area contributed by atoms with Crippen LogP contribution < -0.4 is 16.0 Å². The van der Waals surface area contributed by atoms with Gasteiger partial charge in [0.25, 0.3) is 11.6 Å². The summed E-state index contributed by atoms with van der Waals surface area (Å²) in [5, 5.41) is 0. The molecule has 7 heteroatoms. The summed E-state index contributed by atoms with van der Waals surface area (Å²) in [6.45, 7) is 3.71. The fraction of sp³-hybridized carbons (Fsp3) is 0.333. The number of methoxy groups -OCH3 is 1. The number of aromatic nitrogens is 4. The van der Waals surface area contributed by atoms with Gasteiger partial charge in [0.2, 0.25) is 0 Å². The lowest BCUT2D eigenvalue weighted by Gasteiger charge is -2.10. The minimum Gasteiger partial charge on any atom is -0.468 e. The molecule has 0 bridgehead atoms. The van der Waals surface area contributed by atoms with E-state index >= 15 is 0 Å². The number of aryl methyl sites for hydroxylation is 2. The molecule has 7 nitrogen and oxygen atoms in total. The number of nitrogens with two attached hydrogens (primary N) is 1. The van der Waals surface area contributed by atoms with Crippen molar-refractivity contribution in [2.75, 3.05) is 12.8 Å². The Morgan fingerprint density at radius 2 is 1.89 bits per heavy atom. The quantitative estimate of drug-likeness (QED) is 0.853. The number of hydrogen-bond acceptors (Lipinski definition) is 6. The van der Waals surface area contributed by atoms with Crippen molar-refractivity contribution in [2.45, 2.75) is 20.4 Å². The molecule has 0 fully saturated rings. The van der Waals surface area contributed by atoms with E-state index < -0.39 is 0 Å². The Balaban J connectivity index is 2.46. The zero-order valence-electron chi connectivity index (χ0n) is 11.0. The minimum absolute atomic E-state index is 0.168. The van der Waals surface area contributed by atoms with Crippen LogP contribution in [0.15, 0.2) is 16.9 Å². The molecule has 0 spiro atoms. The Hall–Kier alpha value is -2.44. The predicted molar refractivity (Wildman–Crippen MR) is 70.1 cm³/mol. The molecule has 0 radical (unpaired) electrons. The smallest absolute Gasteiger partial charge is 0.299 e. The van der Waals surface area contributed by atoms with E-state index in [2.05, 4.69) is 15.0 Å². The molecule has 0 amide bonds. The molecule has 0 aliphatic heterocycles. The zero-order chi connectivity index (χ0) is 14.0. The van der Waals surface area contributed by atoms with Crippen LogP contribution in [-0.4, -0.2) is 26.6 Å². The van der Waals surface area contributed by atoms with Gasteiger partial charge in [0.1, 0.15) is 5.82 Å². The highest BCUT2D eigenvalue weighted by Gasteiger charge is 2.10. The summed E-state index contributed by atoms with van der Waals surface area (Å²) >= 11 is 0. The van der Waals surface area contributed by atoms with Crippen LogP contribution in [0.5, 0.6) is 6.01 Å². The van der Waals surface area contributed by atoms with Gasteiger partial charge in [-0.05, 0) is 13.8 Å². The molecule has 0 saturated heterocycles. The third-order valence-electron chi connectivity index (χ3n) is 2.50. The number of nitrogen functional groups attached to an aromatic ring is 1. The summed E-state index contributed by atoms with van der Waals surface area (Å²) in [5.41, 5.74) is 6.79. The highest BCUT2D eigenvalue weighted by Crippen LogP contribution is 2.08. The van der Waals surface area contributed by atoms with E-state index in [1.54, 1.807) is 13.0 Å². The summed E-state index contributed by atoms with van der Waals surface area (Å²) in [6, 6.07) is 3.33. The van der Waals surface area contributed by atoms with Crippen LogP contribution in [0.2, 0.25) is 0 Å². The molecule has 2 N–H and O–H groups in total. The maximum absolute atomic E-state index is 12.0. The van der Waals surface area contributed by atoms with Crippen LogP contribution in [0, 0.1) is 13.8 Å². The van der Waals surface area contributed by atoms with E-state index in [9.17, 15) is 4.79 Å². The van der Waals surface area contributed by atoms with Gasteiger partial charge >= 0.3 is 0 Å². The van der Waals surface area contributed by atoms with Crippen LogP contribution >= 0.6 is 0 Å². The average Bonchev–Trinajstić information content (AvgIpc) is 2.31. The Labute approximate surface area is 110 Å². The molecule has 0 aliphatic rings. The Morgan fingerprint density at radius 3 is 2.53 bits per heavy atom. The number of rotatable bonds is 3. The Kier molecular flexibility index (Phi) is 3.46. The first kappa shape index (κ1) is 13.0. The van der Waals surface area contributed by atoms with Crippen molar-refractivity contribution >= 4 is 5.82 Å². The molecule has 2 aromatic heterocycles. The van der Waals surface area contributed by atoms with E-state index in [1.165, 1.54) is 17.7 Å². The van der Waals surface area contributed by atoms with E-state index in [1.807, 2.05) is 6.92 Å². The first-order valence-electron chi connectivity index (χ1n) is 5.72. The van der Waals surface area contributed by atoms with Crippen LogP contribution in [0.1, 0.15) is 17.2 Å². The molecule has 0 unspecified atom stereocenters. The van der Waals surface area contributed by atoms with Gasteiger partial charge in [-0.15, -0.1) is 0 Å². The van der Waals surface area contributed by atoms with Gasteiger partial charge in [-0.1, -0.05) is 0 Å². The van der Waals surface area contributed by atoms with Gasteiger partial charge in [-0.2, -0.15) is 0 Å². The van der Waals surface area contributed by atoms with E-state index in [-0.39, 0.29) is 18.1 Å². The first-order valence-corrected chi connectivity index (χ1v) is 5.72. The predicted octanol–water partition coefficient (Wildman–Crippen LogP) is 0.289. The summed E-state index contributed by atoms with van der Waals surface area (Å²) in [7, 11) is 1.46. The average molecular weight is 261 g/mol. The molecule has 0 aliphatic carbocycles. The van der Waals surface area contributed by atoms with Crippen molar-refractivity contribution < 1.29 is 4.74 Å². The third kappa shape index (κ3) is 2.87. The molecular weight excluding hydrogens is 246 g/mol. The van der Waals surface area contributed by atoms with Crippen LogP contribution in [-0.2, 0) is 6.54 Å². The molecule has 19 heavy (non-hydrogen) atoms. The van der Waals surface area contributed by atoms with E-state index in [0.717, 1.165) is 5.69 Å². The summed E-state index contributed by atoms with van der Waals surface area (Å²) < 4.78 is 6.47.